The highest BCUT2D eigenvalue weighted by molar-refractivity contribution is 5.80. The van der Waals surface area contributed by atoms with Crippen molar-refractivity contribution in [2.24, 2.45) is 0 Å². The van der Waals surface area contributed by atoms with Gasteiger partial charge in [-0.2, -0.15) is 0 Å². The standard InChI is InChI=1S/C21H27FN4O4/c1-21(2,3)30-20(29)24-14-6-7-25(11-16(14)27)9-12-10-26-17(28)5-4-15-19(26)18(12)13(22)8-23-15/h4-5,8,12,14,16,27H,6-7,9-11H2,1-3H3,(H,24,29)/t12?,14-,16+/m0/s1. The molecule has 0 bridgehead atoms. The lowest BCUT2D eigenvalue weighted by atomic mass is 9.97. The number of nitrogens with zero attached hydrogens (tertiary/aromatic N) is 3. The largest absolute Gasteiger partial charge is 0.444 e. The molecule has 2 aromatic heterocycles. The van der Waals surface area contributed by atoms with E-state index in [4.69, 9.17) is 4.74 Å². The molecule has 162 valence electrons. The van der Waals surface area contributed by atoms with Crippen molar-refractivity contribution in [1.29, 1.82) is 0 Å². The lowest BCUT2D eigenvalue weighted by molar-refractivity contribution is 0.0186. The Bertz CT molecular complexity index is 1030. The molecule has 9 heteroatoms. The first-order valence-corrected chi connectivity index (χ1v) is 10.2. The lowest BCUT2D eigenvalue weighted by Crippen LogP contribution is -2.55. The second-order valence-electron chi connectivity index (χ2n) is 9.10. The molecule has 0 saturated carbocycles. The first-order chi connectivity index (χ1) is 14.1. The van der Waals surface area contributed by atoms with Crippen molar-refractivity contribution in [3.8, 4) is 0 Å². The van der Waals surface area contributed by atoms with Crippen molar-refractivity contribution in [2.75, 3.05) is 19.6 Å². The molecule has 0 radical (unpaired) electrons. The van der Waals surface area contributed by atoms with Crippen LogP contribution in [0.25, 0.3) is 11.0 Å². The molecule has 30 heavy (non-hydrogen) atoms. The van der Waals surface area contributed by atoms with Gasteiger partial charge >= 0.3 is 6.09 Å². The van der Waals surface area contributed by atoms with Gasteiger partial charge in [0.05, 0.1) is 29.4 Å². The van der Waals surface area contributed by atoms with E-state index in [1.165, 1.54) is 12.3 Å². The summed E-state index contributed by atoms with van der Waals surface area (Å²) in [4.78, 5) is 30.4. The molecule has 2 N–H and O–H groups in total. The summed E-state index contributed by atoms with van der Waals surface area (Å²) in [5.41, 5.74) is 0.911. The molecule has 4 rings (SSSR count). The van der Waals surface area contributed by atoms with Crippen LogP contribution in [0.15, 0.2) is 23.1 Å². The first kappa shape index (κ1) is 20.7. The Morgan fingerprint density at radius 3 is 2.83 bits per heavy atom. The van der Waals surface area contributed by atoms with E-state index in [1.54, 1.807) is 31.4 Å². The van der Waals surface area contributed by atoms with Crippen molar-refractivity contribution in [3.63, 3.8) is 0 Å². The van der Waals surface area contributed by atoms with Crippen LogP contribution in [0.2, 0.25) is 0 Å². The number of aliphatic hydroxyl groups excluding tert-OH is 1. The van der Waals surface area contributed by atoms with Crippen LogP contribution >= 0.6 is 0 Å². The second kappa shape index (κ2) is 7.63. The van der Waals surface area contributed by atoms with Gasteiger partial charge in [0.2, 0.25) is 0 Å². The predicted octanol–water partition coefficient (Wildman–Crippen LogP) is 1.59. The van der Waals surface area contributed by atoms with Crippen LogP contribution < -0.4 is 10.9 Å². The molecule has 0 aliphatic carbocycles. The maximum atomic E-state index is 14.6. The van der Waals surface area contributed by atoms with Gasteiger partial charge in [0.1, 0.15) is 11.4 Å². The molecular weight excluding hydrogens is 391 g/mol. The summed E-state index contributed by atoms with van der Waals surface area (Å²) in [6, 6.07) is 2.68. The Balaban J connectivity index is 1.43. The average Bonchev–Trinajstić information content (AvgIpc) is 3.02. The third kappa shape index (κ3) is 4.04. The van der Waals surface area contributed by atoms with Gasteiger partial charge in [-0.1, -0.05) is 0 Å². The number of β-amino-alcohol motifs (C(OH)–C–C–N with tert-alkyl or cyclic N) is 1. The first-order valence-electron chi connectivity index (χ1n) is 10.2. The third-order valence-electron chi connectivity index (χ3n) is 5.65. The molecular formula is C21H27FN4O4. The number of carbonyl (C=O) groups is 1. The summed E-state index contributed by atoms with van der Waals surface area (Å²) >= 11 is 0. The van der Waals surface area contributed by atoms with Crippen LogP contribution in [0.5, 0.6) is 0 Å². The summed E-state index contributed by atoms with van der Waals surface area (Å²) in [6.45, 7) is 7.23. The van der Waals surface area contributed by atoms with Crippen LogP contribution in [0.1, 0.15) is 38.7 Å². The van der Waals surface area contributed by atoms with E-state index < -0.39 is 29.7 Å². The number of aliphatic hydroxyl groups is 1. The molecule has 2 aliphatic rings. The SMILES string of the molecule is CC(C)(C)OC(=O)N[C@H]1CCN(CC2Cn3c(=O)ccc4ncc(F)c2c43)C[C@H]1O. The van der Waals surface area contributed by atoms with E-state index in [2.05, 4.69) is 10.3 Å². The Morgan fingerprint density at radius 2 is 2.13 bits per heavy atom. The van der Waals surface area contributed by atoms with Gasteiger partial charge in [-0.3, -0.25) is 14.7 Å². The average molecular weight is 418 g/mol. The van der Waals surface area contributed by atoms with E-state index in [-0.39, 0.29) is 11.5 Å². The van der Waals surface area contributed by atoms with E-state index >= 15 is 0 Å². The molecule has 2 aliphatic heterocycles. The van der Waals surface area contributed by atoms with Crippen molar-refractivity contribution >= 4 is 17.1 Å². The van der Waals surface area contributed by atoms with Crippen LogP contribution in [0.3, 0.4) is 0 Å². The lowest BCUT2D eigenvalue weighted by Gasteiger charge is -2.37. The zero-order valence-corrected chi connectivity index (χ0v) is 17.4. The molecule has 4 heterocycles. The van der Waals surface area contributed by atoms with Crippen LogP contribution in [-0.4, -0.2) is 63.0 Å². The number of aromatic nitrogens is 2. The zero-order chi connectivity index (χ0) is 21.6. The summed E-state index contributed by atoms with van der Waals surface area (Å²) in [7, 11) is 0. The minimum absolute atomic E-state index is 0.168. The fourth-order valence-corrected chi connectivity index (χ4v) is 4.40. The van der Waals surface area contributed by atoms with Crippen molar-refractivity contribution in [1.82, 2.24) is 19.8 Å². The van der Waals surface area contributed by atoms with Crippen molar-refractivity contribution in [2.45, 2.75) is 57.4 Å². The molecule has 3 atom stereocenters. The predicted molar refractivity (Wildman–Crippen MR) is 109 cm³/mol. The maximum absolute atomic E-state index is 14.6. The zero-order valence-electron chi connectivity index (χ0n) is 17.4. The van der Waals surface area contributed by atoms with Gasteiger partial charge in [0.25, 0.3) is 5.56 Å². The van der Waals surface area contributed by atoms with Crippen molar-refractivity contribution in [3.05, 3.63) is 40.1 Å². The van der Waals surface area contributed by atoms with Gasteiger partial charge in [0, 0.05) is 43.7 Å². The number of ether oxygens (including phenoxy) is 1. The second-order valence-corrected chi connectivity index (χ2v) is 9.10. The normalized spacial score (nSPS) is 24.2. The van der Waals surface area contributed by atoms with E-state index in [0.717, 1.165) is 0 Å². The molecule has 0 spiro atoms. The summed E-state index contributed by atoms with van der Waals surface area (Å²) in [6.07, 6.45) is 0.442. The number of halogens is 1. The molecule has 1 fully saturated rings. The highest BCUT2D eigenvalue weighted by Gasteiger charge is 2.34. The van der Waals surface area contributed by atoms with E-state index in [0.29, 0.717) is 49.2 Å². The summed E-state index contributed by atoms with van der Waals surface area (Å²) < 4.78 is 21.4. The number of hydrogen-bond acceptors (Lipinski definition) is 6. The fraction of sp³-hybridized carbons (Fsp3) is 0.571. The topological polar surface area (TPSA) is 96.7 Å². The fourth-order valence-electron chi connectivity index (χ4n) is 4.40. The number of hydrogen-bond donors (Lipinski definition) is 2. The third-order valence-corrected chi connectivity index (χ3v) is 5.65. The van der Waals surface area contributed by atoms with E-state index in [1.807, 2.05) is 4.90 Å². The van der Waals surface area contributed by atoms with Gasteiger partial charge in [-0.15, -0.1) is 0 Å². The Morgan fingerprint density at radius 1 is 1.37 bits per heavy atom. The Hall–Kier alpha value is -2.52. The molecule has 1 saturated heterocycles. The highest BCUT2D eigenvalue weighted by atomic mass is 19.1. The van der Waals surface area contributed by atoms with Gasteiger partial charge in [-0.25, -0.2) is 9.18 Å². The Kier molecular flexibility index (Phi) is 5.27. The number of likely N-dealkylation sites (tertiary alicyclic amines) is 1. The number of carbonyl (C=O) groups excluding carboxylic acids is 1. The molecule has 0 aromatic carbocycles. The molecule has 1 amide bonds. The summed E-state index contributed by atoms with van der Waals surface area (Å²) in [5, 5.41) is 13.3. The summed E-state index contributed by atoms with van der Waals surface area (Å²) in [5.74, 6) is -0.612. The highest BCUT2D eigenvalue weighted by Crippen LogP contribution is 2.34. The number of alkyl carbamates (subject to hydrolysis) is 1. The van der Waals surface area contributed by atoms with Gasteiger partial charge in [-0.05, 0) is 33.3 Å². The number of pyridine rings is 2. The quantitative estimate of drug-likeness (QED) is 0.786. The molecule has 1 unspecified atom stereocenters. The molecule has 2 aromatic rings. The van der Waals surface area contributed by atoms with E-state index in [9.17, 15) is 19.1 Å². The van der Waals surface area contributed by atoms with Crippen LogP contribution in [0.4, 0.5) is 9.18 Å². The molecule has 8 nitrogen and oxygen atoms in total. The van der Waals surface area contributed by atoms with Crippen LogP contribution in [0, 0.1) is 5.82 Å². The number of piperidine rings is 1. The number of nitrogens with one attached hydrogen (secondary N) is 1. The minimum atomic E-state index is -0.764. The smallest absolute Gasteiger partial charge is 0.407 e. The maximum Gasteiger partial charge on any atom is 0.407 e. The minimum Gasteiger partial charge on any atom is -0.444 e. The number of amides is 1. The van der Waals surface area contributed by atoms with Crippen LogP contribution in [-0.2, 0) is 11.3 Å². The van der Waals surface area contributed by atoms with Gasteiger partial charge < -0.3 is 19.7 Å². The van der Waals surface area contributed by atoms with Crippen molar-refractivity contribution < 1.29 is 19.0 Å². The Labute approximate surface area is 173 Å². The number of rotatable bonds is 3. The van der Waals surface area contributed by atoms with Gasteiger partial charge in [0.15, 0.2) is 0 Å². The monoisotopic (exact) mass is 418 g/mol.